The average molecular weight is 494 g/mol. The summed E-state index contributed by atoms with van der Waals surface area (Å²) in [5.74, 6) is -0.666. The summed E-state index contributed by atoms with van der Waals surface area (Å²) < 4.78 is 43.1. The molecule has 9 nitrogen and oxygen atoms in total. The molecule has 0 aliphatic rings. The van der Waals surface area contributed by atoms with Crippen LogP contribution in [0.5, 0.6) is 0 Å². The van der Waals surface area contributed by atoms with Crippen molar-refractivity contribution in [3.63, 3.8) is 0 Å². The molecule has 2 aromatic carbocycles. The lowest BCUT2D eigenvalue weighted by atomic mass is 10.1. The number of aromatic nitrogens is 1. The van der Waals surface area contributed by atoms with Gasteiger partial charge in [-0.25, -0.2) is 15.2 Å². The van der Waals surface area contributed by atoms with Crippen LogP contribution in [0.15, 0.2) is 48.5 Å². The van der Waals surface area contributed by atoms with Crippen molar-refractivity contribution in [2.24, 2.45) is 0 Å². The number of nitrogens with zero attached hydrogens (tertiary/aromatic N) is 2. The van der Waals surface area contributed by atoms with Crippen molar-refractivity contribution in [1.82, 2.24) is 15.8 Å². The first-order valence-electron chi connectivity index (χ1n) is 9.66. The Morgan fingerprint density at radius 1 is 1.09 bits per heavy atom. The number of carbonyl (C=O) groups excluding carboxylic acids is 2. The third-order valence-corrected chi connectivity index (χ3v) is 5.72. The number of rotatable bonds is 6. The molecule has 0 spiro atoms. The molecule has 1 aromatic heterocycles. The molecular formula is C21H17F3N4O5S. The van der Waals surface area contributed by atoms with E-state index in [9.17, 15) is 32.9 Å². The molecule has 3 rings (SSSR count). The highest BCUT2D eigenvalue weighted by molar-refractivity contribution is 7.17. The molecule has 2 amide bonds. The van der Waals surface area contributed by atoms with E-state index in [1.165, 1.54) is 24.3 Å². The third kappa shape index (κ3) is 6.28. The number of thiazole rings is 1. The van der Waals surface area contributed by atoms with Crippen LogP contribution in [0.2, 0.25) is 0 Å². The van der Waals surface area contributed by atoms with Crippen LogP contribution in [-0.2, 0) is 17.3 Å². The summed E-state index contributed by atoms with van der Waals surface area (Å²) in [6.45, 7) is 1.53. The van der Waals surface area contributed by atoms with E-state index in [4.69, 9.17) is 4.74 Å². The van der Waals surface area contributed by atoms with Crippen molar-refractivity contribution in [2.75, 3.05) is 6.61 Å². The van der Waals surface area contributed by atoms with Crippen molar-refractivity contribution in [3.8, 4) is 10.6 Å². The third-order valence-electron chi connectivity index (χ3n) is 4.51. The van der Waals surface area contributed by atoms with Crippen LogP contribution in [0, 0.1) is 17.0 Å². The van der Waals surface area contributed by atoms with Crippen LogP contribution in [0.25, 0.3) is 10.6 Å². The number of benzene rings is 2. The number of ether oxygens (including phenoxy) is 1. The van der Waals surface area contributed by atoms with E-state index >= 15 is 0 Å². The van der Waals surface area contributed by atoms with E-state index in [1.54, 1.807) is 19.1 Å². The highest BCUT2D eigenvalue weighted by atomic mass is 32.1. The summed E-state index contributed by atoms with van der Waals surface area (Å²) >= 11 is 0.960. The first kappa shape index (κ1) is 24.6. The molecule has 0 bridgehead atoms. The monoisotopic (exact) mass is 494 g/mol. The summed E-state index contributed by atoms with van der Waals surface area (Å²) in [4.78, 5) is 38.7. The molecule has 0 saturated carbocycles. The van der Waals surface area contributed by atoms with E-state index in [2.05, 4.69) is 15.8 Å². The van der Waals surface area contributed by atoms with Crippen LogP contribution < -0.4 is 10.9 Å². The standard InChI is InChI=1S/C21H17F3N4O5S/c1-12-17(34-19(25-12)14-4-6-15(7-5-14)21(22,23)24)18(29)26-27-20(30)33-11-10-13-2-8-16(9-3-13)28(31)32/h2-9H,10-11H2,1H3,(H,26,29)(H,27,30). The van der Waals surface area contributed by atoms with Gasteiger partial charge in [-0.3, -0.25) is 20.3 Å². The molecule has 0 radical (unpaired) electrons. The van der Waals surface area contributed by atoms with E-state index in [-0.39, 0.29) is 17.2 Å². The predicted octanol–water partition coefficient (Wildman–Crippen LogP) is 4.66. The molecule has 0 aliphatic heterocycles. The Labute approximate surface area is 194 Å². The Hall–Kier alpha value is -4.00. The minimum Gasteiger partial charge on any atom is -0.448 e. The zero-order chi connectivity index (χ0) is 24.9. The molecule has 34 heavy (non-hydrogen) atoms. The molecule has 0 saturated heterocycles. The zero-order valence-electron chi connectivity index (χ0n) is 17.5. The SMILES string of the molecule is Cc1nc(-c2ccc(C(F)(F)F)cc2)sc1C(=O)NNC(=O)OCCc1ccc([N+](=O)[O-])cc1. The van der Waals surface area contributed by atoms with Gasteiger partial charge < -0.3 is 4.74 Å². The lowest BCUT2D eigenvalue weighted by molar-refractivity contribution is -0.384. The van der Waals surface area contributed by atoms with E-state index in [1.807, 2.05) is 0 Å². The zero-order valence-corrected chi connectivity index (χ0v) is 18.3. The number of halogens is 3. The fraction of sp³-hybridized carbons (Fsp3) is 0.190. The summed E-state index contributed by atoms with van der Waals surface area (Å²) in [6.07, 6.45) is -5.06. The van der Waals surface area contributed by atoms with Crippen LogP contribution in [0.1, 0.15) is 26.5 Å². The molecule has 3 aromatic rings. The van der Waals surface area contributed by atoms with Gasteiger partial charge in [0, 0.05) is 24.1 Å². The molecule has 2 N–H and O–H groups in total. The largest absolute Gasteiger partial charge is 0.448 e. The van der Waals surface area contributed by atoms with Crippen LogP contribution >= 0.6 is 11.3 Å². The van der Waals surface area contributed by atoms with Gasteiger partial charge in [-0.2, -0.15) is 13.2 Å². The van der Waals surface area contributed by atoms with Crippen LogP contribution in [-0.4, -0.2) is 28.5 Å². The average Bonchev–Trinajstić information content (AvgIpc) is 3.19. The number of hydrazine groups is 1. The van der Waals surface area contributed by atoms with Crippen LogP contribution in [0.3, 0.4) is 0 Å². The molecule has 13 heteroatoms. The molecule has 0 atom stereocenters. The number of nitro groups is 1. The maximum Gasteiger partial charge on any atom is 0.426 e. The number of nitrogens with one attached hydrogen (secondary N) is 2. The lowest BCUT2D eigenvalue weighted by Gasteiger charge is -2.08. The van der Waals surface area contributed by atoms with Gasteiger partial charge in [0.15, 0.2) is 0 Å². The van der Waals surface area contributed by atoms with E-state index in [0.29, 0.717) is 22.7 Å². The van der Waals surface area contributed by atoms with Gasteiger partial charge in [-0.05, 0) is 24.6 Å². The lowest BCUT2D eigenvalue weighted by Crippen LogP contribution is -2.42. The van der Waals surface area contributed by atoms with Gasteiger partial charge in [0.25, 0.3) is 11.6 Å². The van der Waals surface area contributed by atoms with Crippen LogP contribution in [0.4, 0.5) is 23.7 Å². The van der Waals surface area contributed by atoms with Crippen molar-refractivity contribution < 1.29 is 32.4 Å². The second-order valence-electron chi connectivity index (χ2n) is 6.90. The number of hydrogen-bond donors (Lipinski definition) is 2. The molecule has 178 valence electrons. The van der Waals surface area contributed by atoms with E-state index in [0.717, 1.165) is 29.0 Å². The van der Waals surface area contributed by atoms with E-state index < -0.39 is 28.7 Å². The van der Waals surface area contributed by atoms with Crippen molar-refractivity contribution in [3.05, 3.63) is 80.3 Å². The van der Waals surface area contributed by atoms with Gasteiger partial charge >= 0.3 is 12.3 Å². The smallest absolute Gasteiger partial charge is 0.426 e. The second-order valence-corrected chi connectivity index (χ2v) is 7.90. The topological polar surface area (TPSA) is 123 Å². The van der Waals surface area contributed by atoms with Gasteiger partial charge in [0.05, 0.1) is 22.8 Å². The highest BCUT2D eigenvalue weighted by Gasteiger charge is 2.30. The minimum absolute atomic E-state index is 0.0306. The number of hydrogen-bond acceptors (Lipinski definition) is 7. The van der Waals surface area contributed by atoms with Crippen molar-refractivity contribution in [2.45, 2.75) is 19.5 Å². The fourth-order valence-electron chi connectivity index (χ4n) is 2.78. The Morgan fingerprint density at radius 3 is 2.32 bits per heavy atom. The summed E-state index contributed by atoms with van der Waals surface area (Å²) in [5.41, 5.74) is 4.91. The maximum absolute atomic E-state index is 12.7. The first-order chi connectivity index (χ1) is 16.0. The highest BCUT2D eigenvalue weighted by Crippen LogP contribution is 2.32. The normalized spacial score (nSPS) is 11.1. The Balaban J connectivity index is 1.50. The number of carbonyl (C=O) groups is 2. The Bertz CT molecular complexity index is 1190. The summed E-state index contributed by atoms with van der Waals surface area (Å²) in [6, 6.07) is 10.2. The van der Waals surface area contributed by atoms with Gasteiger partial charge in [-0.1, -0.05) is 24.3 Å². The van der Waals surface area contributed by atoms with Gasteiger partial charge in [0.2, 0.25) is 0 Å². The number of alkyl halides is 3. The second kappa shape index (κ2) is 10.3. The Morgan fingerprint density at radius 2 is 1.74 bits per heavy atom. The summed E-state index contributed by atoms with van der Waals surface area (Å²) in [7, 11) is 0. The first-order valence-corrected chi connectivity index (χ1v) is 10.5. The maximum atomic E-state index is 12.7. The minimum atomic E-state index is -4.45. The number of nitro benzene ring substituents is 1. The number of non-ortho nitro benzene ring substituents is 1. The number of aryl methyl sites for hydroxylation is 1. The fourth-order valence-corrected chi connectivity index (χ4v) is 3.75. The van der Waals surface area contributed by atoms with Crippen molar-refractivity contribution in [1.29, 1.82) is 0 Å². The summed E-state index contributed by atoms with van der Waals surface area (Å²) in [5, 5.41) is 11.0. The molecular weight excluding hydrogens is 477 g/mol. The quantitative estimate of drug-likeness (QED) is 0.380. The molecule has 0 aliphatic carbocycles. The van der Waals surface area contributed by atoms with Crippen molar-refractivity contribution >= 4 is 29.0 Å². The number of amides is 2. The molecule has 0 fully saturated rings. The predicted molar refractivity (Wildman–Crippen MR) is 116 cm³/mol. The Kier molecular flexibility index (Phi) is 7.46. The van der Waals surface area contributed by atoms with Gasteiger partial charge in [-0.15, -0.1) is 11.3 Å². The molecule has 0 unspecified atom stereocenters. The van der Waals surface area contributed by atoms with Gasteiger partial charge in [0.1, 0.15) is 9.88 Å². The molecule has 1 heterocycles.